The molecule has 0 aliphatic rings. The third kappa shape index (κ3) is 3.71. The number of H-pyrrole nitrogens is 1. The van der Waals surface area contributed by atoms with E-state index in [0.29, 0.717) is 11.4 Å². The van der Waals surface area contributed by atoms with Crippen LogP contribution in [0.3, 0.4) is 0 Å². The topological polar surface area (TPSA) is 70.7 Å². The lowest BCUT2D eigenvalue weighted by atomic mass is 10.1. The average Bonchev–Trinajstić information content (AvgIpc) is 3.23. The lowest BCUT2D eigenvalue weighted by molar-refractivity contribution is 0.0954. The second kappa shape index (κ2) is 7.40. The fraction of sp³-hybridized carbons (Fsp3) is 0.278. The van der Waals surface area contributed by atoms with Crippen LogP contribution in [-0.4, -0.2) is 21.1 Å². The Balaban J connectivity index is 1.62. The molecule has 2 aromatic heterocycles. The highest BCUT2D eigenvalue weighted by Gasteiger charge is 2.14. The lowest BCUT2D eigenvalue weighted by Crippen LogP contribution is -2.22. The molecule has 0 fully saturated rings. The number of thiazole rings is 1. The maximum absolute atomic E-state index is 12.4. The van der Waals surface area contributed by atoms with Gasteiger partial charge in [-0.2, -0.15) is 5.10 Å². The van der Waals surface area contributed by atoms with Gasteiger partial charge in [-0.3, -0.25) is 9.89 Å². The van der Waals surface area contributed by atoms with E-state index in [1.807, 2.05) is 37.3 Å². The Morgan fingerprint density at radius 2 is 2.04 bits per heavy atom. The summed E-state index contributed by atoms with van der Waals surface area (Å²) in [5.41, 5.74) is 3.93. The van der Waals surface area contributed by atoms with Gasteiger partial charge in [0.15, 0.2) is 0 Å². The molecule has 0 saturated carbocycles. The number of nitrogens with one attached hydrogen (secondary N) is 2. The highest BCUT2D eigenvalue weighted by Crippen LogP contribution is 2.20. The Bertz CT molecular complexity index is 806. The van der Waals surface area contributed by atoms with Crippen LogP contribution in [0.4, 0.5) is 0 Å². The molecule has 0 unspecified atom stereocenters. The zero-order valence-electron chi connectivity index (χ0n) is 13.8. The standard InChI is InChI=1S/C18H20N4OS/c1-3-4-16-21-12(2)17(24-16)18(23)19-11-13-5-7-14(8-6-13)15-9-10-20-22-15/h5-10H,3-4,11H2,1-2H3,(H,19,23)(H,20,22). The van der Waals surface area contributed by atoms with Gasteiger partial charge >= 0.3 is 0 Å². The molecule has 0 spiro atoms. The third-order valence-electron chi connectivity index (χ3n) is 3.73. The molecule has 0 radical (unpaired) electrons. The van der Waals surface area contributed by atoms with E-state index < -0.39 is 0 Å². The zero-order chi connectivity index (χ0) is 16.9. The predicted molar refractivity (Wildman–Crippen MR) is 96.0 cm³/mol. The first-order chi connectivity index (χ1) is 11.7. The molecule has 6 heteroatoms. The Hall–Kier alpha value is -2.47. The molecule has 1 amide bonds. The van der Waals surface area contributed by atoms with E-state index in [-0.39, 0.29) is 5.91 Å². The summed E-state index contributed by atoms with van der Waals surface area (Å²) >= 11 is 1.49. The first-order valence-corrected chi connectivity index (χ1v) is 8.82. The van der Waals surface area contributed by atoms with Crippen molar-refractivity contribution in [1.29, 1.82) is 0 Å². The third-order valence-corrected chi connectivity index (χ3v) is 4.95. The van der Waals surface area contributed by atoms with Gasteiger partial charge in [-0.15, -0.1) is 11.3 Å². The summed E-state index contributed by atoms with van der Waals surface area (Å²) < 4.78 is 0. The minimum Gasteiger partial charge on any atom is -0.347 e. The van der Waals surface area contributed by atoms with Crippen molar-refractivity contribution in [2.45, 2.75) is 33.2 Å². The van der Waals surface area contributed by atoms with Crippen LogP contribution in [0.1, 0.15) is 39.3 Å². The molecular formula is C18H20N4OS. The zero-order valence-corrected chi connectivity index (χ0v) is 14.6. The van der Waals surface area contributed by atoms with E-state index in [4.69, 9.17) is 0 Å². The molecule has 0 bridgehead atoms. The minimum absolute atomic E-state index is 0.0509. The highest BCUT2D eigenvalue weighted by molar-refractivity contribution is 7.13. The molecular weight excluding hydrogens is 320 g/mol. The second-order valence-corrected chi connectivity index (χ2v) is 6.71. The minimum atomic E-state index is -0.0509. The molecule has 2 heterocycles. The van der Waals surface area contributed by atoms with E-state index >= 15 is 0 Å². The number of benzene rings is 1. The molecule has 1 aromatic carbocycles. The van der Waals surface area contributed by atoms with E-state index in [9.17, 15) is 4.79 Å². The second-order valence-electron chi connectivity index (χ2n) is 5.62. The number of amides is 1. The van der Waals surface area contributed by atoms with Gasteiger partial charge < -0.3 is 5.32 Å². The fourth-order valence-corrected chi connectivity index (χ4v) is 3.55. The van der Waals surface area contributed by atoms with Gasteiger partial charge in [0, 0.05) is 12.7 Å². The van der Waals surface area contributed by atoms with Gasteiger partial charge in [0.2, 0.25) is 0 Å². The van der Waals surface area contributed by atoms with Gasteiger partial charge in [0.1, 0.15) is 4.88 Å². The number of hydrogen-bond donors (Lipinski definition) is 2. The maximum atomic E-state index is 12.4. The molecule has 0 aliphatic heterocycles. The van der Waals surface area contributed by atoms with Gasteiger partial charge in [-0.05, 0) is 37.0 Å². The van der Waals surface area contributed by atoms with Crippen LogP contribution >= 0.6 is 11.3 Å². The van der Waals surface area contributed by atoms with Crippen molar-refractivity contribution < 1.29 is 4.79 Å². The summed E-state index contributed by atoms with van der Waals surface area (Å²) in [4.78, 5) is 17.5. The van der Waals surface area contributed by atoms with Gasteiger partial charge in [-0.1, -0.05) is 31.2 Å². The molecule has 24 heavy (non-hydrogen) atoms. The Morgan fingerprint density at radius 3 is 2.71 bits per heavy atom. The van der Waals surface area contributed by atoms with Crippen molar-refractivity contribution in [2.24, 2.45) is 0 Å². The lowest BCUT2D eigenvalue weighted by Gasteiger charge is -2.05. The number of carbonyl (C=O) groups excluding carboxylic acids is 1. The van der Waals surface area contributed by atoms with E-state index in [1.54, 1.807) is 6.20 Å². The van der Waals surface area contributed by atoms with Crippen LogP contribution in [-0.2, 0) is 13.0 Å². The Kier molecular flexibility index (Phi) is 5.05. The molecule has 3 aromatic rings. The van der Waals surface area contributed by atoms with Crippen LogP contribution in [0.2, 0.25) is 0 Å². The summed E-state index contributed by atoms with van der Waals surface area (Å²) in [7, 11) is 0. The number of hydrogen-bond acceptors (Lipinski definition) is 4. The number of nitrogens with zero attached hydrogens (tertiary/aromatic N) is 2. The smallest absolute Gasteiger partial charge is 0.263 e. The molecule has 0 atom stereocenters. The van der Waals surface area contributed by atoms with Crippen molar-refractivity contribution in [3.63, 3.8) is 0 Å². The van der Waals surface area contributed by atoms with E-state index in [1.165, 1.54) is 11.3 Å². The van der Waals surface area contributed by atoms with E-state index in [0.717, 1.165) is 40.4 Å². The first kappa shape index (κ1) is 16.4. The summed E-state index contributed by atoms with van der Waals surface area (Å²) in [6.07, 6.45) is 3.69. The average molecular weight is 340 g/mol. The van der Waals surface area contributed by atoms with Crippen molar-refractivity contribution >= 4 is 17.2 Å². The molecule has 5 nitrogen and oxygen atoms in total. The van der Waals surface area contributed by atoms with E-state index in [2.05, 4.69) is 27.4 Å². The number of aromatic amines is 1. The normalized spacial score (nSPS) is 10.8. The Labute approximate surface area is 145 Å². The van der Waals surface area contributed by atoms with Gasteiger partial charge in [-0.25, -0.2) is 4.98 Å². The largest absolute Gasteiger partial charge is 0.347 e. The van der Waals surface area contributed by atoms with Crippen LogP contribution in [0.15, 0.2) is 36.5 Å². The molecule has 124 valence electrons. The van der Waals surface area contributed by atoms with Crippen molar-refractivity contribution in [1.82, 2.24) is 20.5 Å². The maximum Gasteiger partial charge on any atom is 0.263 e. The molecule has 0 saturated heterocycles. The molecule has 2 N–H and O–H groups in total. The summed E-state index contributed by atoms with van der Waals surface area (Å²) in [5.74, 6) is -0.0509. The molecule has 3 rings (SSSR count). The molecule has 0 aliphatic carbocycles. The summed E-state index contributed by atoms with van der Waals surface area (Å²) in [6, 6.07) is 9.99. The number of carbonyl (C=O) groups is 1. The van der Waals surface area contributed by atoms with Crippen LogP contribution < -0.4 is 5.32 Å². The van der Waals surface area contributed by atoms with Gasteiger partial charge in [0.05, 0.1) is 16.4 Å². The van der Waals surface area contributed by atoms with Crippen molar-refractivity contribution in [3.05, 3.63) is 57.7 Å². The number of rotatable bonds is 6. The summed E-state index contributed by atoms with van der Waals surface area (Å²) in [5, 5.41) is 10.9. The predicted octanol–water partition coefficient (Wildman–Crippen LogP) is 3.72. The van der Waals surface area contributed by atoms with Crippen LogP contribution in [0.25, 0.3) is 11.3 Å². The fourth-order valence-electron chi connectivity index (χ4n) is 2.47. The van der Waals surface area contributed by atoms with Crippen molar-refractivity contribution in [2.75, 3.05) is 0 Å². The quantitative estimate of drug-likeness (QED) is 0.718. The first-order valence-electron chi connectivity index (χ1n) is 8.00. The van der Waals surface area contributed by atoms with Gasteiger partial charge in [0.25, 0.3) is 5.91 Å². The monoisotopic (exact) mass is 340 g/mol. The number of aryl methyl sites for hydroxylation is 2. The van der Waals surface area contributed by atoms with Crippen LogP contribution in [0.5, 0.6) is 0 Å². The van der Waals surface area contributed by atoms with Crippen molar-refractivity contribution in [3.8, 4) is 11.3 Å². The summed E-state index contributed by atoms with van der Waals surface area (Å²) in [6.45, 7) is 4.51. The number of aromatic nitrogens is 3. The highest BCUT2D eigenvalue weighted by atomic mass is 32.1. The SMILES string of the molecule is CCCc1nc(C)c(C(=O)NCc2ccc(-c3ccn[nH]3)cc2)s1. The Morgan fingerprint density at radius 1 is 1.25 bits per heavy atom. The van der Waals surface area contributed by atoms with Crippen LogP contribution in [0, 0.1) is 6.92 Å².